The Morgan fingerprint density at radius 1 is 1.22 bits per heavy atom. The van der Waals surface area contributed by atoms with E-state index in [2.05, 4.69) is 51.9 Å². The monoisotopic (exact) mass is 364 g/mol. The van der Waals surface area contributed by atoms with Crippen molar-refractivity contribution in [1.82, 2.24) is 14.8 Å². The van der Waals surface area contributed by atoms with Gasteiger partial charge in [-0.15, -0.1) is 0 Å². The molecule has 0 bridgehead atoms. The third-order valence-electron chi connectivity index (χ3n) is 5.93. The minimum atomic E-state index is 0.183. The first-order valence-corrected chi connectivity index (χ1v) is 9.84. The van der Waals surface area contributed by atoms with E-state index in [1.807, 2.05) is 18.5 Å². The zero-order valence-corrected chi connectivity index (χ0v) is 16.4. The van der Waals surface area contributed by atoms with Crippen molar-refractivity contribution in [1.29, 1.82) is 0 Å². The Hall–Kier alpha value is -2.27. The van der Waals surface area contributed by atoms with Crippen molar-refractivity contribution >= 4 is 23.0 Å². The van der Waals surface area contributed by atoms with Crippen LogP contribution in [0.25, 0.3) is 10.9 Å². The maximum Gasteiger partial charge on any atom is 0.228 e. The van der Waals surface area contributed by atoms with Gasteiger partial charge in [0, 0.05) is 62.5 Å². The fourth-order valence-electron chi connectivity index (χ4n) is 4.69. The fraction of sp³-hybridized carbons (Fsp3) is 0.500. The normalized spacial score (nSPS) is 24.5. The number of hydrogen-bond acceptors (Lipinski definition) is 4. The van der Waals surface area contributed by atoms with Crippen LogP contribution in [0.1, 0.15) is 30.4 Å². The quantitative estimate of drug-likeness (QED) is 0.787. The summed E-state index contributed by atoms with van der Waals surface area (Å²) in [5, 5.41) is 1.18. The van der Waals surface area contributed by atoms with E-state index in [-0.39, 0.29) is 5.92 Å². The van der Waals surface area contributed by atoms with Gasteiger partial charge in [0.15, 0.2) is 0 Å². The lowest BCUT2D eigenvalue weighted by atomic mass is 9.82. The number of carbonyl (C=O) groups excluding carboxylic acids is 1. The highest BCUT2D eigenvalue weighted by Crippen LogP contribution is 2.35. The van der Waals surface area contributed by atoms with Crippen LogP contribution in [0.5, 0.6) is 0 Å². The van der Waals surface area contributed by atoms with Crippen molar-refractivity contribution in [3.05, 3.63) is 41.6 Å². The van der Waals surface area contributed by atoms with Crippen molar-refractivity contribution in [3.63, 3.8) is 0 Å². The van der Waals surface area contributed by atoms with Gasteiger partial charge in [0.05, 0.1) is 11.4 Å². The second kappa shape index (κ2) is 7.39. The van der Waals surface area contributed by atoms with Crippen molar-refractivity contribution in [2.45, 2.75) is 19.3 Å². The van der Waals surface area contributed by atoms with Gasteiger partial charge in [-0.3, -0.25) is 14.8 Å². The lowest BCUT2D eigenvalue weighted by molar-refractivity contribution is -0.142. The van der Waals surface area contributed by atoms with Gasteiger partial charge in [0.25, 0.3) is 0 Å². The molecule has 1 aromatic carbocycles. The van der Waals surface area contributed by atoms with Crippen molar-refractivity contribution in [3.8, 4) is 0 Å². The molecular weight excluding hydrogens is 336 g/mol. The molecule has 5 nitrogen and oxygen atoms in total. The molecular formula is C22H28N4O. The molecule has 0 radical (unpaired) electrons. The summed E-state index contributed by atoms with van der Waals surface area (Å²) < 4.78 is 0. The number of hydrogen-bond donors (Lipinski definition) is 0. The van der Waals surface area contributed by atoms with Crippen LogP contribution in [-0.2, 0) is 4.79 Å². The first-order valence-electron chi connectivity index (χ1n) is 9.84. The van der Waals surface area contributed by atoms with E-state index in [1.165, 1.54) is 10.9 Å². The number of aromatic nitrogens is 1. The highest BCUT2D eigenvalue weighted by molar-refractivity contribution is 5.99. The molecule has 2 aliphatic rings. The molecule has 0 saturated carbocycles. The van der Waals surface area contributed by atoms with Gasteiger partial charge < -0.3 is 9.80 Å². The molecule has 2 aromatic rings. The molecule has 2 saturated heterocycles. The van der Waals surface area contributed by atoms with Crippen LogP contribution in [0.3, 0.4) is 0 Å². The van der Waals surface area contributed by atoms with Gasteiger partial charge >= 0.3 is 0 Å². The maximum absolute atomic E-state index is 12.9. The summed E-state index contributed by atoms with van der Waals surface area (Å²) >= 11 is 0. The predicted octanol–water partition coefficient (Wildman–Crippen LogP) is 2.80. The molecule has 1 aromatic heterocycles. The number of carbonyl (C=O) groups is 1. The van der Waals surface area contributed by atoms with Gasteiger partial charge in [-0.25, -0.2) is 0 Å². The van der Waals surface area contributed by atoms with E-state index in [0.717, 1.165) is 43.7 Å². The molecule has 27 heavy (non-hydrogen) atoms. The Balaban J connectivity index is 1.64. The smallest absolute Gasteiger partial charge is 0.228 e. The zero-order valence-electron chi connectivity index (χ0n) is 16.4. The highest BCUT2D eigenvalue weighted by atomic mass is 16.2. The topological polar surface area (TPSA) is 48.8 Å². The van der Waals surface area contributed by atoms with Crippen LogP contribution in [0.15, 0.2) is 35.5 Å². The van der Waals surface area contributed by atoms with Crippen LogP contribution in [0, 0.1) is 11.8 Å². The van der Waals surface area contributed by atoms with Crippen LogP contribution in [0.2, 0.25) is 0 Å². The average Bonchev–Trinajstić information content (AvgIpc) is 2.65. The van der Waals surface area contributed by atoms with E-state index in [0.29, 0.717) is 17.7 Å². The maximum atomic E-state index is 12.9. The van der Waals surface area contributed by atoms with Gasteiger partial charge in [-0.05, 0) is 31.0 Å². The molecule has 142 valence electrons. The number of amides is 1. The SMILES string of the molecule is CN=Cc1ccc([C@@H]2C[C@@H](C)CN(C(=O)C3CN(C)C3)C2)c2cccnc12. The molecule has 2 fully saturated rings. The number of rotatable bonds is 3. The second-order valence-corrected chi connectivity index (χ2v) is 8.23. The number of aliphatic imine (C=N–C) groups is 1. The average molecular weight is 364 g/mol. The third-order valence-corrected chi connectivity index (χ3v) is 5.93. The summed E-state index contributed by atoms with van der Waals surface area (Å²) in [6.07, 6.45) is 4.82. The summed E-state index contributed by atoms with van der Waals surface area (Å²) in [6, 6.07) is 8.47. The minimum absolute atomic E-state index is 0.183. The van der Waals surface area contributed by atoms with Crippen molar-refractivity contribution in [2.75, 3.05) is 40.3 Å². The first kappa shape index (κ1) is 18.1. The van der Waals surface area contributed by atoms with Gasteiger partial charge in [0.1, 0.15) is 0 Å². The Morgan fingerprint density at radius 2 is 2.04 bits per heavy atom. The number of nitrogens with zero attached hydrogens (tertiary/aromatic N) is 4. The molecule has 0 aliphatic carbocycles. The Kier molecular flexibility index (Phi) is 4.96. The summed E-state index contributed by atoms with van der Waals surface area (Å²) in [5.41, 5.74) is 3.35. The van der Waals surface area contributed by atoms with E-state index >= 15 is 0 Å². The van der Waals surface area contributed by atoms with E-state index in [9.17, 15) is 4.79 Å². The molecule has 0 unspecified atom stereocenters. The van der Waals surface area contributed by atoms with E-state index in [4.69, 9.17) is 0 Å². The Labute approximate surface area is 161 Å². The van der Waals surface area contributed by atoms with Gasteiger partial charge in [-0.2, -0.15) is 0 Å². The molecule has 1 amide bonds. The van der Waals surface area contributed by atoms with E-state index in [1.54, 1.807) is 7.05 Å². The summed E-state index contributed by atoms with van der Waals surface area (Å²) in [7, 11) is 3.86. The van der Waals surface area contributed by atoms with Crippen molar-refractivity contribution in [2.24, 2.45) is 16.8 Å². The fourth-order valence-corrected chi connectivity index (χ4v) is 4.69. The van der Waals surface area contributed by atoms with E-state index < -0.39 is 0 Å². The molecule has 2 aliphatic heterocycles. The summed E-state index contributed by atoms with van der Waals surface area (Å²) in [4.78, 5) is 26.0. The number of piperidine rings is 1. The third kappa shape index (κ3) is 3.48. The molecule has 0 N–H and O–H groups in total. The standard InChI is InChI=1S/C22H28N4O/c1-15-9-17(14-26(11-15)22(27)18-12-25(3)13-18)19-7-6-16(10-23-2)21-20(19)5-4-8-24-21/h4-8,10,15,17-18H,9,11-14H2,1-3H3/t15-,17-/m1/s1. The number of benzene rings is 1. The lowest BCUT2D eigenvalue weighted by Gasteiger charge is -2.42. The predicted molar refractivity (Wildman–Crippen MR) is 109 cm³/mol. The molecule has 3 heterocycles. The second-order valence-electron chi connectivity index (χ2n) is 8.23. The minimum Gasteiger partial charge on any atom is -0.341 e. The zero-order chi connectivity index (χ0) is 19.0. The van der Waals surface area contributed by atoms with Gasteiger partial charge in [0.2, 0.25) is 5.91 Å². The van der Waals surface area contributed by atoms with Gasteiger partial charge in [-0.1, -0.05) is 25.1 Å². The van der Waals surface area contributed by atoms with Crippen LogP contribution in [0.4, 0.5) is 0 Å². The number of fused-ring (bicyclic) bond motifs is 1. The van der Waals surface area contributed by atoms with Crippen molar-refractivity contribution < 1.29 is 4.79 Å². The largest absolute Gasteiger partial charge is 0.341 e. The molecule has 4 rings (SSSR count). The molecule has 5 heteroatoms. The van der Waals surface area contributed by atoms with Crippen LogP contribution in [-0.4, -0.2) is 67.2 Å². The van der Waals surface area contributed by atoms with Crippen LogP contribution < -0.4 is 0 Å². The Bertz CT molecular complexity index is 872. The lowest BCUT2D eigenvalue weighted by Crippen LogP contribution is -2.55. The van der Waals surface area contributed by atoms with Crippen LogP contribution >= 0.6 is 0 Å². The molecule has 2 atom stereocenters. The highest BCUT2D eigenvalue weighted by Gasteiger charge is 2.37. The number of pyridine rings is 1. The molecule has 0 spiro atoms. The first-order chi connectivity index (χ1) is 13.1. The Morgan fingerprint density at radius 3 is 2.78 bits per heavy atom. The summed E-state index contributed by atoms with van der Waals surface area (Å²) in [5.74, 6) is 1.38. The summed E-state index contributed by atoms with van der Waals surface area (Å²) in [6.45, 7) is 5.75. The number of likely N-dealkylation sites (tertiary alicyclic amines) is 2.